The number of aromatic nitrogens is 2. The van der Waals surface area contributed by atoms with E-state index in [1.807, 2.05) is 24.3 Å². The number of ether oxygens (including phenoxy) is 2. The average molecular weight is 399 g/mol. The van der Waals surface area contributed by atoms with E-state index in [0.29, 0.717) is 34.7 Å². The molecule has 0 aliphatic carbocycles. The van der Waals surface area contributed by atoms with E-state index in [1.165, 1.54) is 19.4 Å². The predicted octanol–water partition coefficient (Wildman–Crippen LogP) is 4.01. The molecule has 0 aliphatic heterocycles. The van der Waals surface area contributed by atoms with Crippen molar-refractivity contribution >= 4 is 29.1 Å². The summed E-state index contributed by atoms with van der Waals surface area (Å²) in [5.74, 6) is 1.06. The number of hydrogen-bond donors (Lipinski definition) is 2. The van der Waals surface area contributed by atoms with Gasteiger partial charge in [0.15, 0.2) is 0 Å². The topological polar surface area (TPSA) is 85.4 Å². The minimum absolute atomic E-state index is 0.217. The quantitative estimate of drug-likeness (QED) is 0.625. The van der Waals surface area contributed by atoms with Crippen LogP contribution < -0.4 is 20.1 Å². The fourth-order valence-electron chi connectivity index (χ4n) is 2.47. The molecule has 2 aromatic carbocycles. The van der Waals surface area contributed by atoms with E-state index in [4.69, 9.17) is 21.1 Å². The Kier molecular flexibility index (Phi) is 6.29. The van der Waals surface area contributed by atoms with Crippen molar-refractivity contribution in [1.82, 2.24) is 9.97 Å². The van der Waals surface area contributed by atoms with Crippen LogP contribution in [0.5, 0.6) is 11.5 Å². The number of nitrogens with zero attached hydrogens (tertiary/aromatic N) is 2. The maximum absolute atomic E-state index is 12.6. The number of methoxy groups -OCH3 is 2. The van der Waals surface area contributed by atoms with Crippen molar-refractivity contribution < 1.29 is 14.3 Å². The zero-order chi connectivity index (χ0) is 19.9. The lowest BCUT2D eigenvalue weighted by Gasteiger charge is -2.12. The molecule has 0 saturated heterocycles. The van der Waals surface area contributed by atoms with Crippen LogP contribution in [0.4, 0.5) is 11.6 Å². The SMILES string of the molecule is COc1ccc(NC(=O)c2ccnc(NCc3ccccc3Cl)n2)c(OC)c1. The smallest absolute Gasteiger partial charge is 0.274 e. The van der Waals surface area contributed by atoms with Gasteiger partial charge in [-0.05, 0) is 29.8 Å². The molecule has 0 aliphatic rings. The highest BCUT2D eigenvalue weighted by Gasteiger charge is 2.13. The third kappa shape index (κ3) is 4.69. The zero-order valence-electron chi connectivity index (χ0n) is 15.4. The van der Waals surface area contributed by atoms with Crippen LogP contribution in [-0.4, -0.2) is 30.1 Å². The molecule has 1 aromatic heterocycles. The Morgan fingerprint density at radius 1 is 1.11 bits per heavy atom. The van der Waals surface area contributed by atoms with Crippen LogP contribution in [0.3, 0.4) is 0 Å². The van der Waals surface area contributed by atoms with Crippen LogP contribution in [0.2, 0.25) is 5.02 Å². The van der Waals surface area contributed by atoms with Gasteiger partial charge < -0.3 is 20.1 Å². The predicted molar refractivity (Wildman–Crippen MR) is 108 cm³/mol. The summed E-state index contributed by atoms with van der Waals surface area (Å²) in [7, 11) is 3.08. The van der Waals surface area contributed by atoms with E-state index >= 15 is 0 Å². The molecule has 0 radical (unpaired) electrons. The number of nitrogens with one attached hydrogen (secondary N) is 2. The van der Waals surface area contributed by atoms with Crippen LogP contribution in [0, 0.1) is 0 Å². The monoisotopic (exact) mass is 398 g/mol. The highest BCUT2D eigenvalue weighted by atomic mass is 35.5. The van der Waals surface area contributed by atoms with Gasteiger partial charge in [-0.15, -0.1) is 0 Å². The molecule has 28 heavy (non-hydrogen) atoms. The molecule has 3 aromatic rings. The first-order valence-corrected chi connectivity index (χ1v) is 8.82. The molecule has 1 amide bonds. The molecule has 8 heteroatoms. The van der Waals surface area contributed by atoms with Crippen molar-refractivity contribution in [3.05, 3.63) is 71.0 Å². The first kappa shape index (κ1) is 19.4. The minimum Gasteiger partial charge on any atom is -0.497 e. The molecule has 0 atom stereocenters. The van der Waals surface area contributed by atoms with Crippen LogP contribution in [0.1, 0.15) is 16.1 Å². The molecule has 0 unspecified atom stereocenters. The summed E-state index contributed by atoms with van der Waals surface area (Å²) in [6.45, 7) is 0.442. The van der Waals surface area contributed by atoms with Crippen molar-refractivity contribution in [2.24, 2.45) is 0 Å². The fourth-order valence-corrected chi connectivity index (χ4v) is 2.68. The number of anilines is 2. The molecule has 1 heterocycles. The van der Waals surface area contributed by atoms with Gasteiger partial charge in [-0.25, -0.2) is 9.97 Å². The summed E-state index contributed by atoms with van der Waals surface area (Å²) in [5.41, 5.74) is 1.64. The van der Waals surface area contributed by atoms with Crippen molar-refractivity contribution in [1.29, 1.82) is 0 Å². The average Bonchev–Trinajstić information content (AvgIpc) is 2.73. The molecule has 0 bridgehead atoms. The minimum atomic E-state index is -0.383. The van der Waals surface area contributed by atoms with Gasteiger partial charge in [-0.2, -0.15) is 0 Å². The van der Waals surface area contributed by atoms with E-state index < -0.39 is 0 Å². The highest BCUT2D eigenvalue weighted by molar-refractivity contribution is 6.31. The summed E-state index contributed by atoms with van der Waals surface area (Å²) in [6.07, 6.45) is 1.52. The number of benzene rings is 2. The molecular weight excluding hydrogens is 380 g/mol. The molecule has 0 spiro atoms. The van der Waals surface area contributed by atoms with E-state index in [2.05, 4.69) is 20.6 Å². The Balaban J connectivity index is 1.71. The van der Waals surface area contributed by atoms with Gasteiger partial charge in [0.05, 0.1) is 19.9 Å². The molecule has 0 saturated carbocycles. The largest absolute Gasteiger partial charge is 0.497 e. The van der Waals surface area contributed by atoms with Crippen molar-refractivity contribution in [2.45, 2.75) is 6.54 Å². The maximum Gasteiger partial charge on any atom is 0.274 e. The maximum atomic E-state index is 12.6. The molecule has 144 valence electrons. The first-order chi connectivity index (χ1) is 13.6. The van der Waals surface area contributed by atoms with Gasteiger partial charge in [0, 0.05) is 23.8 Å². The number of carbonyl (C=O) groups excluding carboxylic acids is 1. The lowest BCUT2D eigenvalue weighted by Crippen LogP contribution is -2.16. The Bertz CT molecular complexity index is 981. The Morgan fingerprint density at radius 3 is 2.68 bits per heavy atom. The summed E-state index contributed by atoms with van der Waals surface area (Å²) < 4.78 is 10.5. The fraction of sp³-hybridized carbons (Fsp3) is 0.150. The lowest BCUT2D eigenvalue weighted by molar-refractivity contribution is 0.102. The zero-order valence-corrected chi connectivity index (χ0v) is 16.2. The van der Waals surface area contributed by atoms with E-state index in [1.54, 1.807) is 25.3 Å². The summed E-state index contributed by atoms with van der Waals surface area (Å²) in [6, 6.07) is 14.1. The van der Waals surface area contributed by atoms with Gasteiger partial charge in [0.25, 0.3) is 5.91 Å². The van der Waals surface area contributed by atoms with E-state index in [0.717, 1.165) is 5.56 Å². The first-order valence-electron chi connectivity index (χ1n) is 8.44. The van der Waals surface area contributed by atoms with Crippen LogP contribution >= 0.6 is 11.6 Å². The van der Waals surface area contributed by atoms with Crippen molar-refractivity contribution in [3.63, 3.8) is 0 Å². The Labute approximate surface area is 167 Å². The molecule has 2 N–H and O–H groups in total. The van der Waals surface area contributed by atoms with Crippen molar-refractivity contribution in [3.8, 4) is 11.5 Å². The standard InChI is InChI=1S/C20H19ClN4O3/c1-27-14-7-8-16(18(11-14)28-2)24-19(26)17-9-10-22-20(25-17)23-12-13-5-3-4-6-15(13)21/h3-11H,12H2,1-2H3,(H,24,26)(H,22,23,25). The summed E-state index contributed by atoms with van der Waals surface area (Å²) in [5, 5.41) is 6.50. The summed E-state index contributed by atoms with van der Waals surface area (Å²) >= 11 is 6.15. The molecule has 0 fully saturated rings. The second kappa shape index (κ2) is 9.05. The third-order valence-corrected chi connectivity index (χ3v) is 4.31. The van der Waals surface area contributed by atoms with Gasteiger partial charge in [0.1, 0.15) is 17.2 Å². The Hall–Kier alpha value is -3.32. The second-order valence-corrected chi connectivity index (χ2v) is 6.14. The Morgan fingerprint density at radius 2 is 1.93 bits per heavy atom. The number of amides is 1. The number of halogens is 1. The van der Waals surface area contributed by atoms with Gasteiger partial charge in [-0.1, -0.05) is 29.8 Å². The third-order valence-electron chi connectivity index (χ3n) is 3.94. The van der Waals surface area contributed by atoms with E-state index in [9.17, 15) is 4.79 Å². The normalized spacial score (nSPS) is 10.2. The number of hydrogen-bond acceptors (Lipinski definition) is 6. The molecule has 7 nitrogen and oxygen atoms in total. The van der Waals surface area contributed by atoms with Crippen LogP contribution in [0.25, 0.3) is 0 Å². The van der Waals surface area contributed by atoms with Gasteiger partial charge in [-0.3, -0.25) is 4.79 Å². The highest BCUT2D eigenvalue weighted by Crippen LogP contribution is 2.29. The van der Waals surface area contributed by atoms with Gasteiger partial charge in [0.2, 0.25) is 5.95 Å². The van der Waals surface area contributed by atoms with Crippen molar-refractivity contribution in [2.75, 3.05) is 24.9 Å². The second-order valence-electron chi connectivity index (χ2n) is 5.73. The summed E-state index contributed by atoms with van der Waals surface area (Å²) in [4.78, 5) is 21.0. The lowest BCUT2D eigenvalue weighted by atomic mass is 10.2. The number of rotatable bonds is 7. The molecular formula is C20H19ClN4O3. The van der Waals surface area contributed by atoms with Crippen LogP contribution in [0.15, 0.2) is 54.7 Å². The van der Waals surface area contributed by atoms with Gasteiger partial charge >= 0.3 is 0 Å². The van der Waals surface area contributed by atoms with Crippen LogP contribution in [-0.2, 0) is 6.54 Å². The van der Waals surface area contributed by atoms with E-state index in [-0.39, 0.29) is 11.6 Å². The number of carbonyl (C=O) groups is 1. The molecule has 3 rings (SSSR count).